The predicted molar refractivity (Wildman–Crippen MR) is 381 cm³/mol. The van der Waals surface area contributed by atoms with Crippen LogP contribution in [-0.4, -0.2) is 158 Å². The lowest BCUT2D eigenvalue weighted by molar-refractivity contribution is -0.157. The second kappa shape index (κ2) is 37.2. The van der Waals surface area contributed by atoms with E-state index in [2.05, 4.69) is 17.2 Å². The van der Waals surface area contributed by atoms with E-state index in [1.165, 1.54) is 77.6 Å². The van der Waals surface area contributed by atoms with Crippen LogP contribution in [-0.2, 0) is 49.3 Å². The molecule has 3 aliphatic carbocycles. The largest absolute Gasteiger partial charge is 0.507 e. The van der Waals surface area contributed by atoms with Crippen LogP contribution in [0.5, 0.6) is 17.2 Å². The highest BCUT2D eigenvalue weighted by Gasteiger charge is 2.64. The van der Waals surface area contributed by atoms with Gasteiger partial charge in [-0.05, 0) is 62.6 Å². The van der Waals surface area contributed by atoms with Gasteiger partial charge in [0, 0.05) is 78.5 Å². The summed E-state index contributed by atoms with van der Waals surface area (Å²) in [7, 11) is 4.61. The minimum atomic E-state index is -1.74. The number of halogens is 1. The first-order valence-corrected chi connectivity index (χ1v) is 34.3. The number of methoxy groups -OCH3 is 2. The molecule has 5 heterocycles. The average molecular weight is 1410 g/mol. The Balaban J connectivity index is 0.000000460. The summed E-state index contributed by atoms with van der Waals surface area (Å²) in [6.45, 7) is 21.9. The number of aromatic hydroxyl groups is 2. The number of aliphatic hydroxyl groups excluding tert-OH is 5. The van der Waals surface area contributed by atoms with Crippen LogP contribution in [0, 0.1) is 59.2 Å². The third-order valence-electron chi connectivity index (χ3n) is 19.7. The van der Waals surface area contributed by atoms with Crippen LogP contribution in [0.15, 0.2) is 59.1 Å². The first kappa shape index (κ1) is 87.1. The summed E-state index contributed by atoms with van der Waals surface area (Å²) in [5, 5.41) is 91.3. The second-order valence-corrected chi connectivity index (χ2v) is 28.8. The maximum absolute atomic E-state index is 13.8. The van der Waals surface area contributed by atoms with Crippen LogP contribution in [0.4, 0.5) is 10.5 Å². The number of hydrogen-bond acceptors (Lipinski definition) is 19. The lowest BCUT2D eigenvalue weighted by Crippen LogP contribution is -2.63. The van der Waals surface area contributed by atoms with E-state index < -0.39 is 166 Å². The maximum atomic E-state index is 13.8. The molecule has 2 saturated carbocycles. The van der Waals surface area contributed by atoms with Gasteiger partial charge < -0.3 is 69.4 Å². The number of alkyl carbamates (subject to hydrolysis) is 1. The van der Waals surface area contributed by atoms with Gasteiger partial charge >= 0.3 is 12.1 Å². The molecule has 5 unspecified atom stereocenters. The molecule has 0 spiro atoms. The van der Waals surface area contributed by atoms with Crippen LogP contribution in [0.25, 0.3) is 5.57 Å². The molecule has 2 saturated heterocycles. The number of carbonyl (C=O) groups excluding carboxylic acids is 6. The Morgan fingerprint density at radius 2 is 1.36 bits per heavy atom. The highest BCUT2D eigenvalue weighted by atomic mass is 35.5. The van der Waals surface area contributed by atoms with E-state index in [-0.39, 0.29) is 75.1 Å². The summed E-state index contributed by atoms with van der Waals surface area (Å²) in [5.41, 5.74) is -1.96. The average Bonchev–Trinajstić information content (AvgIpc) is 1.72. The molecule has 5 aliphatic heterocycles. The maximum Gasteiger partial charge on any atom is 0.409 e. The Hall–Kier alpha value is -6.08. The number of amides is 3. The van der Waals surface area contributed by atoms with Crippen LogP contribution >= 0.6 is 11.6 Å². The lowest BCUT2D eigenvalue weighted by atomic mass is 9.74. The molecule has 22 nitrogen and oxygen atoms in total. The number of Topliss-reactive ketones (excluding diaryl/α,β-unsaturated/α-hetero) is 2. The van der Waals surface area contributed by atoms with Crippen LogP contribution in [0.1, 0.15) is 194 Å². The fraction of sp³-hybridized carbons (Fsp3) is 0.671. The quantitative estimate of drug-likeness (QED) is 0.0594. The lowest BCUT2D eigenvalue weighted by Gasteiger charge is -2.42. The van der Waals surface area contributed by atoms with Crippen molar-refractivity contribution in [2.75, 3.05) is 26.2 Å². The van der Waals surface area contributed by atoms with Gasteiger partial charge in [-0.25, -0.2) is 9.79 Å². The van der Waals surface area contributed by atoms with Crippen molar-refractivity contribution in [3.8, 4) is 17.2 Å². The molecule has 99 heavy (non-hydrogen) atoms. The fourth-order valence-corrected chi connectivity index (χ4v) is 13.1. The third-order valence-corrected chi connectivity index (χ3v) is 20.1. The number of nitrogens with one attached hydrogen (secondary N) is 1. The van der Waals surface area contributed by atoms with Gasteiger partial charge in [0.2, 0.25) is 5.91 Å². The van der Waals surface area contributed by atoms with Crippen LogP contribution < -0.4 is 25.5 Å². The highest BCUT2D eigenvalue weighted by molar-refractivity contribution is 6.43. The Morgan fingerprint density at radius 3 is 1.92 bits per heavy atom. The molecule has 23 heteroatoms. The summed E-state index contributed by atoms with van der Waals surface area (Å²) < 4.78 is 28.9. The molecular weight excluding hydrogens is 1290 g/mol. The first-order chi connectivity index (χ1) is 45.0. The molecule has 20 atom stereocenters. The second-order valence-electron chi connectivity index (χ2n) is 28.5. The molecular formula is C76H118ClN3O19. The molecule has 2 aromatic carbocycles. The van der Waals surface area contributed by atoms with Crippen molar-refractivity contribution in [2.24, 2.45) is 64.2 Å². The van der Waals surface area contributed by atoms with Crippen molar-refractivity contribution in [2.45, 2.75) is 249 Å². The topological polar surface area (TPSA) is 341 Å². The number of hydrogen-bond donors (Lipinski definition) is 9. The molecule has 9 N–H and O–H groups in total. The van der Waals surface area contributed by atoms with E-state index in [1.807, 2.05) is 25.1 Å². The van der Waals surface area contributed by atoms with Crippen molar-refractivity contribution in [1.82, 2.24) is 5.32 Å². The van der Waals surface area contributed by atoms with E-state index >= 15 is 0 Å². The van der Waals surface area contributed by atoms with Gasteiger partial charge in [-0.15, -0.1) is 0 Å². The summed E-state index contributed by atoms with van der Waals surface area (Å²) in [5.74, 6) is -9.73. The normalized spacial score (nSPS) is 35.3. The smallest absolute Gasteiger partial charge is 0.409 e. The number of nitrogens with zero attached hydrogens (tertiary/aromatic N) is 2. The number of anilines is 1. The van der Waals surface area contributed by atoms with Crippen LogP contribution in [0.2, 0.25) is 5.02 Å². The molecule has 2 aromatic rings. The first-order valence-electron chi connectivity index (χ1n) is 33.9. The Bertz CT molecular complexity index is 3340. The number of aliphatic hydroxyl groups is 6. The number of benzene rings is 2. The van der Waals surface area contributed by atoms with Crippen molar-refractivity contribution in [1.29, 1.82) is 0 Å². The number of ketones is 2. The number of phenols is 2. The zero-order chi connectivity index (χ0) is 71.7. The molecule has 8 bridgehead atoms. The third kappa shape index (κ3) is 21.3. The number of phenolic OH excluding ortho intramolecular Hbond substituents is 2. The van der Waals surface area contributed by atoms with Gasteiger partial charge in [-0.2, -0.15) is 0 Å². The number of ether oxygens (including phenoxy) is 5. The Labute approximate surface area is 591 Å². The standard InChI is InChI=1S/C35H49NO10.C32H45ClN2O9.2C3H6.3CH4/c1-14-10-9-11-15(2)35(46)36-22-13-23(37)24-25(32(43)21(8)33(44)26(24)34(22)45)29(40)17(4)12-16(3)28(39)19(6)31(42)20(7)30(41)18(5)27(14)38;1-17(2)29(37)43-25-15-26(36)35(6)21-13-20(14-22(40-7)27(21)33)12-18(3)10-9-11-24(41-8)32(39)16-23(42-30(38)34-32)19(4)28-31(25,5)44-28;2*1-2-3-1;;;/h9-11,13-14,16-21,27-28,30-31,33,37-39,41-42,44-45H,12H2,1-8H3;9,11,13-14,17-19,23-25,28,39H,10,12,15-16H2,1-8H3,(H,34,38);2*1-3H2;3*1H4/b10-9+,15-11-,36-22?;11-9+;;;;;/t14-,16?,17?,18+,19+,20+,21?,27-,28-,30+,31+,33?;18?,19-,23+,24-,25+,28+,31-,32+;;;;;/m01...../s1. The molecule has 4 fully saturated rings. The van der Waals surface area contributed by atoms with E-state index in [0.29, 0.717) is 29.3 Å². The minimum Gasteiger partial charge on any atom is -0.507 e. The summed E-state index contributed by atoms with van der Waals surface area (Å²) in [6, 6.07) is 4.67. The van der Waals surface area contributed by atoms with Gasteiger partial charge in [0.1, 0.15) is 51.5 Å². The van der Waals surface area contributed by atoms with E-state index in [9.17, 15) is 69.6 Å². The minimum absolute atomic E-state index is 0. The fourth-order valence-electron chi connectivity index (χ4n) is 12.8. The van der Waals surface area contributed by atoms with Gasteiger partial charge in [-0.1, -0.05) is 179 Å². The van der Waals surface area contributed by atoms with E-state index in [0.717, 1.165) is 11.6 Å². The molecule has 10 rings (SSSR count). The van der Waals surface area contributed by atoms with Gasteiger partial charge in [0.25, 0.3) is 5.91 Å². The zero-order valence-corrected chi connectivity index (χ0v) is 59.5. The molecule has 0 aromatic heterocycles. The van der Waals surface area contributed by atoms with Gasteiger partial charge in [0.05, 0.1) is 73.3 Å². The van der Waals surface area contributed by atoms with Crippen molar-refractivity contribution in [3.05, 3.63) is 80.9 Å². The van der Waals surface area contributed by atoms with Crippen molar-refractivity contribution < 1.29 is 93.3 Å². The van der Waals surface area contributed by atoms with Gasteiger partial charge in [0.15, 0.2) is 17.3 Å². The summed E-state index contributed by atoms with van der Waals surface area (Å²) in [4.78, 5) is 84.8. The Kier molecular flexibility index (Phi) is 32.7. The number of epoxide rings is 1. The number of esters is 1. The van der Waals surface area contributed by atoms with E-state index in [1.54, 1.807) is 87.6 Å². The van der Waals surface area contributed by atoms with Crippen LogP contribution in [0.3, 0.4) is 0 Å². The summed E-state index contributed by atoms with van der Waals surface area (Å²) in [6.07, 6.45) is 8.60. The van der Waals surface area contributed by atoms with Crippen molar-refractivity contribution in [3.63, 3.8) is 0 Å². The van der Waals surface area contributed by atoms with Crippen molar-refractivity contribution >= 4 is 58.3 Å². The number of rotatable bonds is 4. The summed E-state index contributed by atoms with van der Waals surface area (Å²) >= 11 is 6.70. The van der Waals surface area contributed by atoms with Gasteiger partial charge in [-0.3, -0.25) is 29.3 Å². The van der Waals surface area contributed by atoms with E-state index in [4.69, 9.17) is 35.3 Å². The zero-order valence-electron chi connectivity index (χ0n) is 58.7. The molecule has 3 amide bonds. The number of allylic oxidation sites excluding steroid dienone is 3. The predicted octanol–water partition coefficient (Wildman–Crippen LogP) is 10.0. The SMILES string of the molecule is C.C.C.C/C1=C/C=C/[C@H](C)[C@H](O)[C@@H](C)[C@@H](O)[C@@H](C)[C@H](O)[C@H](C)[C@@H](O)C(C)CC(C)C(=O)C2=c3c(O)cc(c(O)c3C(O)C(C)C2=O)=NC1=O.C1CC1.C1CC1.COc1cc2cc(c1Cl)N(C)C(=O)C[C@H](OC(=O)C(C)C)[C@@]1(C)O[C@H]1[C@H](C)[C@@H]1C[C@@](O)(NC(=O)O1)[C@H](OC)/C=C/CC(C)C2. The highest BCUT2D eigenvalue weighted by Crippen LogP contribution is 2.50. The number of fused-ring (bicyclic) bond motifs is 21. The Morgan fingerprint density at radius 1 is 0.788 bits per heavy atom. The monoisotopic (exact) mass is 1410 g/mol. The molecule has 8 aliphatic rings. The molecule has 558 valence electrons. The molecule has 0 radical (unpaired) electrons. The number of carbonyl (C=O) groups is 6.